The molecule has 1 fully saturated rings. The Morgan fingerprint density at radius 3 is 2.55 bits per heavy atom. The molecule has 22 heavy (non-hydrogen) atoms. The van der Waals surface area contributed by atoms with Crippen LogP contribution in [-0.4, -0.2) is 30.3 Å². The zero-order valence-corrected chi connectivity index (χ0v) is 13.9. The van der Waals surface area contributed by atoms with Crippen LogP contribution in [0.4, 0.5) is 0 Å². The topological polar surface area (TPSA) is 49.4 Å². The Morgan fingerprint density at radius 2 is 1.95 bits per heavy atom. The van der Waals surface area contributed by atoms with Gasteiger partial charge in [0.15, 0.2) is 0 Å². The molecule has 0 aliphatic heterocycles. The van der Waals surface area contributed by atoms with E-state index in [2.05, 4.69) is 5.32 Å². The minimum Gasteiger partial charge on any atom is -0.356 e. The molecule has 120 valence electrons. The van der Waals surface area contributed by atoms with Gasteiger partial charge in [-0.15, -0.1) is 0 Å². The van der Waals surface area contributed by atoms with Crippen molar-refractivity contribution >= 4 is 23.4 Å². The minimum atomic E-state index is 0.00539. The zero-order valence-electron chi connectivity index (χ0n) is 13.1. The van der Waals surface area contributed by atoms with Crippen molar-refractivity contribution in [1.82, 2.24) is 10.2 Å². The first kappa shape index (κ1) is 16.8. The fraction of sp³-hybridized carbons (Fsp3) is 0.529. The summed E-state index contributed by atoms with van der Waals surface area (Å²) in [6, 6.07) is 7.54. The number of carbonyl (C=O) groups excluding carboxylic acids is 2. The predicted molar refractivity (Wildman–Crippen MR) is 87.6 cm³/mol. The largest absolute Gasteiger partial charge is 0.356 e. The predicted octanol–water partition coefficient (Wildman–Crippen LogP) is 3.17. The highest BCUT2D eigenvalue weighted by Gasteiger charge is 2.29. The lowest BCUT2D eigenvalue weighted by Gasteiger charge is -2.25. The van der Waals surface area contributed by atoms with Crippen LogP contribution < -0.4 is 5.32 Å². The third kappa shape index (κ3) is 4.73. The van der Waals surface area contributed by atoms with E-state index < -0.39 is 0 Å². The number of benzene rings is 1. The highest BCUT2D eigenvalue weighted by Crippen LogP contribution is 2.28. The van der Waals surface area contributed by atoms with E-state index in [1.807, 2.05) is 38.2 Å². The first-order valence-electron chi connectivity index (χ1n) is 7.78. The number of rotatable bonds is 7. The molecule has 1 aliphatic carbocycles. The molecule has 0 aromatic heterocycles. The van der Waals surface area contributed by atoms with Crippen molar-refractivity contribution in [3.05, 3.63) is 34.9 Å². The number of hydrogen-bond acceptors (Lipinski definition) is 2. The van der Waals surface area contributed by atoms with Gasteiger partial charge in [0.2, 0.25) is 11.8 Å². The van der Waals surface area contributed by atoms with Crippen molar-refractivity contribution in [2.24, 2.45) is 5.92 Å². The Morgan fingerprint density at radius 1 is 1.32 bits per heavy atom. The minimum absolute atomic E-state index is 0.00539. The molecule has 1 saturated carbocycles. The molecule has 1 aliphatic rings. The van der Waals surface area contributed by atoms with Crippen molar-refractivity contribution in [1.29, 1.82) is 0 Å². The van der Waals surface area contributed by atoms with Crippen molar-refractivity contribution < 1.29 is 9.59 Å². The van der Waals surface area contributed by atoms with Gasteiger partial charge in [-0.05, 0) is 43.9 Å². The molecule has 2 rings (SSSR count). The van der Waals surface area contributed by atoms with Crippen molar-refractivity contribution in [2.45, 2.75) is 38.6 Å². The number of nitrogens with zero attached hydrogens (tertiary/aromatic N) is 1. The van der Waals surface area contributed by atoms with E-state index in [0.717, 1.165) is 18.4 Å². The van der Waals surface area contributed by atoms with E-state index >= 15 is 0 Å². The summed E-state index contributed by atoms with van der Waals surface area (Å²) in [6.07, 6.45) is 3.13. The number of hydrogen-bond donors (Lipinski definition) is 1. The van der Waals surface area contributed by atoms with Crippen LogP contribution >= 0.6 is 11.6 Å². The fourth-order valence-corrected chi connectivity index (χ4v) is 2.42. The molecule has 1 unspecified atom stereocenters. The van der Waals surface area contributed by atoms with Gasteiger partial charge in [0, 0.05) is 31.0 Å². The van der Waals surface area contributed by atoms with Crippen molar-refractivity contribution in [3.8, 4) is 0 Å². The lowest BCUT2D eigenvalue weighted by Crippen LogP contribution is -2.31. The molecule has 1 atom stereocenters. The molecular weight excluding hydrogens is 300 g/mol. The molecule has 0 saturated heterocycles. The smallest absolute Gasteiger partial charge is 0.223 e. The Kier molecular flexibility index (Phi) is 5.83. The van der Waals surface area contributed by atoms with Crippen LogP contribution in [0.2, 0.25) is 5.02 Å². The van der Waals surface area contributed by atoms with Gasteiger partial charge < -0.3 is 10.2 Å². The summed E-state index contributed by atoms with van der Waals surface area (Å²) in [5.74, 6) is 0.446. The fourth-order valence-electron chi connectivity index (χ4n) is 2.30. The van der Waals surface area contributed by atoms with Gasteiger partial charge >= 0.3 is 0 Å². The molecule has 1 N–H and O–H groups in total. The van der Waals surface area contributed by atoms with Crippen LogP contribution in [-0.2, 0) is 9.59 Å². The summed E-state index contributed by atoms with van der Waals surface area (Å²) in [6.45, 7) is 2.57. The molecule has 5 heteroatoms. The maximum absolute atomic E-state index is 12.2. The Bertz CT molecular complexity index is 526. The van der Waals surface area contributed by atoms with E-state index in [9.17, 15) is 9.59 Å². The standard InChI is InChI=1S/C17H23ClN2O2/c1-12(13-7-9-15(18)10-8-13)20(2)16(21)4-3-11-19-17(22)14-5-6-14/h7-10,12,14H,3-6,11H2,1-2H3,(H,19,22). The van der Waals surface area contributed by atoms with Crippen LogP contribution in [0, 0.1) is 5.92 Å². The average Bonchev–Trinajstić information content (AvgIpc) is 3.35. The second kappa shape index (κ2) is 7.63. The van der Waals surface area contributed by atoms with Crippen molar-refractivity contribution in [3.63, 3.8) is 0 Å². The molecule has 0 bridgehead atoms. The second-order valence-corrected chi connectivity index (χ2v) is 6.34. The summed E-state index contributed by atoms with van der Waals surface area (Å²) in [7, 11) is 1.81. The molecule has 0 spiro atoms. The first-order valence-corrected chi connectivity index (χ1v) is 8.15. The number of carbonyl (C=O) groups is 2. The SMILES string of the molecule is CC(c1ccc(Cl)cc1)N(C)C(=O)CCCNC(=O)C1CC1. The average molecular weight is 323 g/mol. The maximum Gasteiger partial charge on any atom is 0.223 e. The van der Waals surface area contributed by atoms with Crippen LogP contribution in [0.15, 0.2) is 24.3 Å². The van der Waals surface area contributed by atoms with Gasteiger partial charge in [-0.25, -0.2) is 0 Å². The van der Waals surface area contributed by atoms with Crippen LogP contribution in [0.25, 0.3) is 0 Å². The Balaban J connectivity index is 1.73. The zero-order chi connectivity index (χ0) is 16.1. The monoisotopic (exact) mass is 322 g/mol. The van der Waals surface area contributed by atoms with Gasteiger partial charge in [0.1, 0.15) is 0 Å². The van der Waals surface area contributed by atoms with Crippen LogP contribution in [0.1, 0.15) is 44.2 Å². The molecule has 1 aromatic rings. The first-order chi connectivity index (χ1) is 10.5. The van der Waals surface area contributed by atoms with E-state index in [4.69, 9.17) is 11.6 Å². The van der Waals surface area contributed by atoms with Crippen LogP contribution in [0.5, 0.6) is 0 Å². The highest BCUT2D eigenvalue weighted by atomic mass is 35.5. The van der Waals surface area contributed by atoms with Gasteiger partial charge in [-0.3, -0.25) is 9.59 Å². The van der Waals surface area contributed by atoms with Gasteiger partial charge in [0.05, 0.1) is 6.04 Å². The highest BCUT2D eigenvalue weighted by molar-refractivity contribution is 6.30. The van der Waals surface area contributed by atoms with E-state index in [0.29, 0.717) is 24.4 Å². The Labute approximate surface area is 136 Å². The summed E-state index contributed by atoms with van der Waals surface area (Å²) in [5, 5.41) is 3.57. The third-order valence-corrected chi connectivity index (χ3v) is 4.39. The Hall–Kier alpha value is -1.55. The van der Waals surface area contributed by atoms with Gasteiger partial charge in [-0.1, -0.05) is 23.7 Å². The van der Waals surface area contributed by atoms with Gasteiger partial charge in [0.25, 0.3) is 0 Å². The number of halogens is 1. The summed E-state index contributed by atoms with van der Waals surface area (Å²) in [5.41, 5.74) is 1.06. The van der Waals surface area contributed by atoms with E-state index in [1.54, 1.807) is 4.90 Å². The van der Waals surface area contributed by atoms with Gasteiger partial charge in [-0.2, -0.15) is 0 Å². The van der Waals surface area contributed by atoms with Crippen molar-refractivity contribution in [2.75, 3.05) is 13.6 Å². The summed E-state index contributed by atoms with van der Waals surface area (Å²) in [4.78, 5) is 25.4. The second-order valence-electron chi connectivity index (χ2n) is 5.90. The quantitative estimate of drug-likeness (QED) is 0.784. The lowest BCUT2D eigenvalue weighted by atomic mass is 10.1. The summed E-state index contributed by atoms with van der Waals surface area (Å²) >= 11 is 5.88. The lowest BCUT2D eigenvalue weighted by molar-refractivity contribution is -0.132. The normalized spacial score (nSPS) is 15.2. The van der Waals surface area contributed by atoms with Crippen LogP contribution in [0.3, 0.4) is 0 Å². The number of nitrogens with one attached hydrogen (secondary N) is 1. The molecule has 2 amide bonds. The van der Waals surface area contributed by atoms with E-state index in [1.165, 1.54) is 0 Å². The molecule has 0 heterocycles. The number of amides is 2. The molecule has 0 radical (unpaired) electrons. The summed E-state index contributed by atoms with van der Waals surface area (Å²) < 4.78 is 0. The maximum atomic E-state index is 12.2. The molecular formula is C17H23ClN2O2. The molecule has 4 nitrogen and oxygen atoms in total. The van der Waals surface area contributed by atoms with E-state index in [-0.39, 0.29) is 23.8 Å². The molecule has 1 aromatic carbocycles. The third-order valence-electron chi connectivity index (χ3n) is 4.14.